The molecular weight excluding hydrogens is 392 g/mol. The van der Waals surface area contributed by atoms with Crippen LogP contribution in [0.4, 0.5) is 0 Å². The summed E-state index contributed by atoms with van der Waals surface area (Å²) < 4.78 is 2.03. The molecule has 0 amide bonds. The van der Waals surface area contributed by atoms with E-state index >= 15 is 0 Å². The lowest BCUT2D eigenvalue weighted by Crippen LogP contribution is -1.96. The molecule has 136 valence electrons. The maximum Gasteiger partial charge on any atom is 0.178 e. The maximum absolute atomic E-state index is 6.55. The van der Waals surface area contributed by atoms with Gasteiger partial charge in [0.1, 0.15) is 21.5 Å². The molecule has 0 bridgehead atoms. The Morgan fingerprint density at radius 3 is 2.68 bits per heavy atom. The lowest BCUT2D eigenvalue weighted by molar-refractivity contribution is 0.966. The van der Waals surface area contributed by atoms with E-state index in [0.717, 1.165) is 32.0 Å². The quantitative estimate of drug-likeness (QED) is 0.429. The molecule has 0 saturated carbocycles. The van der Waals surface area contributed by atoms with Crippen LogP contribution >= 0.6 is 22.9 Å². The predicted molar refractivity (Wildman–Crippen MR) is 111 cm³/mol. The summed E-state index contributed by atoms with van der Waals surface area (Å²) in [6, 6.07) is 9.66. The molecule has 5 rings (SSSR count). The van der Waals surface area contributed by atoms with E-state index in [0.29, 0.717) is 16.7 Å². The molecule has 0 radical (unpaired) electrons. The number of halogens is 1. The summed E-state index contributed by atoms with van der Waals surface area (Å²) in [6.07, 6.45) is 8.93. The minimum absolute atomic E-state index is 0.421. The zero-order valence-electron chi connectivity index (χ0n) is 14.7. The van der Waals surface area contributed by atoms with Crippen LogP contribution in [0, 0.1) is 0 Å². The number of aryl methyl sites for hydroxylation is 1. The fraction of sp³-hybridized carbons (Fsp3) is 0.0500. The van der Waals surface area contributed by atoms with Gasteiger partial charge >= 0.3 is 0 Å². The summed E-state index contributed by atoms with van der Waals surface area (Å²) in [7, 11) is 1.99. The third kappa shape index (κ3) is 2.85. The van der Waals surface area contributed by atoms with Crippen molar-refractivity contribution in [3.8, 4) is 32.7 Å². The fourth-order valence-corrected chi connectivity index (χ4v) is 4.36. The third-order valence-electron chi connectivity index (χ3n) is 4.36. The van der Waals surface area contributed by atoms with E-state index in [1.54, 1.807) is 30.9 Å². The second-order valence-corrected chi connectivity index (χ2v) is 7.53. The molecule has 0 saturated heterocycles. The van der Waals surface area contributed by atoms with Crippen molar-refractivity contribution in [2.45, 2.75) is 0 Å². The summed E-state index contributed by atoms with van der Waals surface area (Å²) in [5, 5.41) is 2.27. The Morgan fingerprint density at radius 1 is 1.04 bits per heavy atom. The Labute approximate surface area is 169 Å². The number of pyridine rings is 2. The predicted octanol–water partition coefficient (Wildman–Crippen LogP) is 4.87. The smallest absolute Gasteiger partial charge is 0.178 e. The van der Waals surface area contributed by atoms with Gasteiger partial charge in [-0.2, -0.15) is 0 Å². The zero-order chi connectivity index (χ0) is 19.1. The van der Waals surface area contributed by atoms with E-state index < -0.39 is 0 Å². The Morgan fingerprint density at radius 2 is 1.89 bits per heavy atom. The van der Waals surface area contributed by atoms with Gasteiger partial charge in [0.05, 0.1) is 10.4 Å². The first-order valence-corrected chi connectivity index (χ1v) is 9.71. The normalized spacial score (nSPS) is 11.2. The average molecular weight is 405 g/mol. The van der Waals surface area contributed by atoms with Crippen molar-refractivity contribution in [3.05, 3.63) is 66.5 Å². The monoisotopic (exact) mass is 404 g/mol. The number of fused-ring (bicyclic) bond motifs is 1. The molecule has 0 atom stereocenters. The van der Waals surface area contributed by atoms with E-state index in [1.165, 1.54) is 11.3 Å². The van der Waals surface area contributed by atoms with Crippen LogP contribution in [0.25, 0.3) is 43.6 Å². The molecule has 0 spiro atoms. The summed E-state index contributed by atoms with van der Waals surface area (Å²) in [5.74, 6) is 0.572. The van der Waals surface area contributed by atoms with Crippen LogP contribution in [-0.4, -0.2) is 29.5 Å². The van der Waals surface area contributed by atoms with Crippen molar-refractivity contribution in [1.29, 1.82) is 0 Å². The van der Waals surface area contributed by atoms with Gasteiger partial charge in [-0.25, -0.2) is 19.9 Å². The molecule has 5 aromatic rings. The molecule has 0 fully saturated rings. The molecule has 0 aliphatic carbocycles. The number of hydrogen-bond donors (Lipinski definition) is 0. The number of nitrogens with zero attached hydrogens (tertiary/aromatic N) is 6. The van der Waals surface area contributed by atoms with Gasteiger partial charge in [-0.15, -0.1) is 11.3 Å². The summed E-state index contributed by atoms with van der Waals surface area (Å²) in [6.45, 7) is 0. The van der Waals surface area contributed by atoms with Gasteiger partial charge in [0.25, 0.3) is 0 Å². The summed E-state index contributed by atoms with van der Waals surface area (Å²) >= 11 is 8.04. The lowest BCUT2D eigenvalue weighted by Gasteiger charge is -2.07. The molecule has 28 heavy (non-hydrogen) atoms. The van der Waals surface area contributed by atoms with Crippen LogP contribution in [0.5, 0.6) is 0 Å². The highest BCUT2D eigenvalue weighted by Crippen LogP contribution is 2.40. The zero-order valence-corrected chi connectivity index (χ0v) is 16.3. The fourth-order valence-electron chi connectivity index (χ4n) is 3.09. The molecule has 8 heteroatoms. The van der Waals surface area contributed by atoms with Crippen molar-refractivity contribution in [2.75, 3.05) is 0 Å². The first-order valence-electron chi connectivity index (χ1n) is 8.51. The van der Waals surface area contributed by atoms with Crippen molar-refractivity contribution in [3.63, 3.8) is 0 Å². The highest BCUT2D eigenvalue weighted by molar-refractivity contribution is 7.19. The standard InChI is InChI=1S/C20H13ClN6S/c1-27-9-5-12-10-14(19-23-7-3-8-24-19)25-15(16(12)27)17-18(21)26-20(28-17)13-4-2-6-22-11-13/h2-11H,1H3. The second-order valence-electron chi connectivity index (χ2n) is 6.17. The van der Waals surface area contributed by atoms with E-state index in [-0.39, 0.29) is 0 Å². The Balaban J connectivity index is 1.75. The minimum Gasteiger partial charge on any atom is -0.349 e. The summed E-state index contributed by atoms with van der Waals surface area (Å²) in [4.78, 5) is 23.1. The van der Waals surface area contributed by atoms with Crippen molar-refractivity contribution in [1.82, 2.24) is 29.5 Å². The van der Waals surface area contributed by atoms with Crippen LogP contribution in [0.3, 0.4) is 0 Å². The number of rotatable bonds is 3. The molecule has 0 unspecified atom stereocenters. The first-order chi connectivity index (χ1) is 13.7. The van der Waals surface area contributed by atoms with E-state index in [9.17, 15) is 0 Å². The highest BCUT2D eigenvalue weighted by atomic mass is 35.5. The molecule has 0 aliphatic heterocycles. The molecule has 0 aromatic carbocycles. The molecule has 0 N–H and O–H groups in total. The number of hydrogen-bond acceptors (Lipinski definition) is 6. The van der Waals surface area contributed by atoms with Crippen LogP contribution in [0.15, 0.2) is 61.3 Å². The van der Waals surface area contributed by atoms with Crippen LogP contribution in [-0.2, 0) is 7.05 Å². The topological polar surface area (TPSA) is 69.4 Å². The first kappa shape index (κ1) is 17.0. The molecule has 5 heterocycles. The summed E-state index contributed by atoms with van der Waals surface area (Å²) in [5.41, 5.74) is 3.38. The molecule has 0 aliphatic rings. The van der Waals surface area contributed by atoms with Gasteiger partial charge in [-0.3, -0.25) is 4.98 Å². The van der Waals surface area contributed by atoms with Gasteiger partial charge in [0.15, 0.2) is 5.82 Å². The van der Waals surface area contributed by atoms with E-state index in [1.807, 2.05) is 42.1 Å². The van der Waals surface area contributed by atoms with Crippen LogP contribution in [0.2, 0.25) is 5.15 Å². The van der Waals surface area contributed by atoms with Crippen molar-refractivity contribution >= 4 is 33.8 Å². The maximum atomic E-state index is 6.55. The van der Waals surface area contributed by atoms with Gasteiger partial charge in [-0.1, -0.05) is 11.6 Å². The largest absolute Gasteiger partial charge is 0.349 e. The Kier molecular flexibility index (Phi) is 4.11. The van der Waals surface area contributed by atoms with E-state index in [4.69, 9.17) is 16.6 Å². The second kappa shape index (κ2) is 6.78. The Hall–Kier alpha value is -3.16. The minimum atomic E-state index is 0.421. The number of thiazole rings is 1. The van der Waals surface area contributed by atoms with E-state index in [2.05, 4.69) is 19.9 Å². The molecular formula is C20H13ClN6S. The van der Waals surface area contributed by atoms with Crippen molar-refractivity contribution < 1.29 is 0 Å². The van der Waals surface area contributed by atoms with Crippen molar-refractivity contribution in [2.24, 2.45) is 7.05 Å². The van der Waals surface area contributed by atoms with Gasteiger partial charge in [0, 0.05) is 49.0 Å². The van der Waals surface area contributed by atoms with Crippen LogP contribution < -0.4 is 0 Å². The van der Waals surface area contributed by atoms with Crippen LogP contribution in [0.1, 0.15) is 0 Å². The highest BCUT2D eigenvalue weighted by Gasteiger charge is 2.20. The molecule has 6 nitrogen and oxygen atoms in total. The SMILES string of the molecule is Cn1ccc2cc(-c3ncccn3)nc(-c3sc(-c4cccnc4)nc3Cl)c21. The third-order valence-corrected chi connectivity index (χ3v) is 5.85. The number of aromatic nitrogens is 6. The Bertz CT molecular complexity index is 1280. The average Bonchev–Trinajstić information content (AvgIpc) is 3.32. The van der Waals surface area contributed by atoms with Gasteiger partial charge in [0.2, 0.25) is 0 Å². The lowest BCUT2D eigenvalue weighted by atomic mass is 10.2. The van der Waals surface area contributed by atoms with Gasteiger partial charge < -0.3 is 4.57 Å². The van der Waals surface area contributed by atoms with Gasteiger partial charge in [-0.05, 0) is 30.3 Å². The molecule has 5 aromatic heterocycles.